The smallest absolute Gasteiger partial charge is 0.244 e. The molecule has 0 aliphatic carbocycles. The summed E-state index contributed by atoms with van der Waals surface area (Å²) in [5.41, 5.74) is 0.667. The van der Waals surface area contributed by atoms with Crippen LogP contribution in [0.2, 0.25) is 0 Å². The number of nitrogens with zero attached hydrogens (tertiary/aromatic N) is 1. The lowest BCUT2D eigenvalue weighted by Gasteiger charge is -2.14. The Bertz CT molecular complexity index is 690. The second-order valence-corrected chi connectivity index (χ2v) is 4.88. The number of carbonyl (C=O) groups excluding carboxylic acids is 1. The van der Waals surface area contributed by atoms with Crippen molar-refractivity contribution < 1.29 is 18.3 Å². The van der Waals surface area contributed by atoms with Crippen LogP contribution in [0, 0.1) is 11.6 Å². The van der Waals surface area contributed by atoms with Gasteiger partial charge in [-0.3, -0.25) is 9.78 Å². The highest BCUT2D eigenvalue weighted by Gasteiger charge is 2.09. The summed E-state index contributed by atoms with van der Waals surface area (Å²) < 4.78 is 31.4. The van der Waals surface area contributed by atoms with Crippen LogP contribution >= 0.6 is 0 Å². The lowest BCUT2D eigenvalue weighted by Crippen LogP contribution is -2.35. The van der Waals surface area contributed by atoms with Crippen LogP contribution in [0.5, 0.6) is 5.75 Å². The molecule has 23 heavy (non-hydrogen) atoms. The summed E-state index contributed by atoms with van der Waals surface area (Å²) in [6.07, 6.45) is 4.57. The molecule has 1 aromatic heterocycles. The highest BCUT2D eigenvalue weighted by Crippen LogP contribution is 2.17. The van der Waals surface area contributed by atoms with Gasteiger partial charge in [-0.25, -0.2) is 8.78 Å². The second kappa shape index (κ2) is 8.03. The highest BCUT2D eigenvalue weighted by atomic mass is 19.1. The van der Waals surface area contributed by atoms with Crippen LogP contribution in [0.25, 0.3) is 6.08 Å². The quantitative estimate of drug-likeness (QED) is 0.833. The maximum atomic E-state index is 13.4. The molecule has 1 aromatic carbocycles. The van der Waals surface area contributed by atoms with Crippen LogP contribution in [-0.2, 0) is 4.79 Å². The van der Waals surface area contributed by atoms with E-state index in [1.807, 2.05) is 6.07 Å². The third-order valence-corrected chi connectivity index (χ3v) is 2.86. The number of ether oxygens (including phenoxy) is 1. The number of benzene rings is 1. The summed E-state index contributed by atoms with van der Waals surface area (Å²) in [4.78, 5) is 15.8. The molecule has 2 rings (SSSR count). The van der Waals surface area contributed by atoms with Gasteiger partial charge < -0.3 is 10.1 Å². The minimum atomic E-state index is -0.779. The number of rotatable bonds is 6. The van der Waals surface area contributed by atoms with Gasteiger partial charge in [0.25, 0.3) is 0 Å². The number of hydrogen-bond donors (Lipinski definition) is 1. The summed E-state index contributed by atoms with van der Waals surface area (Å²) in [6, 6.07) is 8.09. The van der Waals surface area contributed by atoms with Crippen molar-refractivity contribution in [1.82, 2.24) is 10.3 Å². The molecule has 1 unspecified atom stereocenters. The minimum absolute atomic E-state index is 0.0588. The monoisotopic (exact) mass is 318 g/mol. The molecule has 1 N–H and O–H groups in total. The van der Waals surface area contributed by atoms with Gasteiger partial charge in [-0.15, -0.1) is 0 Å². The molecule has 0 aliphatic rings. The molecule has 4 nitrogen and oxygen atoms in total. The molecule has 2 aromatic rings. The summed E-state index contributed by atoms with van der Waals surface area (Å²) in [7, 11) is 0. The zero-order valence-corrected chi connectivity index (χ0v) is 12.5. The van der Waals surface area contributed by atoms with E-state index in [0.717, 1.165) is 12.1 Å². The Morgan fingerprint density at radius 2 is 2.17 bits per heavy atom. The molecular formula is C17H16F2N2O2. The molecule has 1 atom stereocenters. The fourth-order valence-electron chi connectivity index (χ4n) is 1.78. The van der Waals surface area contributed by atoms with E-state index in [2.05, 4.69) is 10.3 Å². The first-order valence-electron chi connectivity index (χ1n) is 7.02. The number of nitrogens with one attached hydrogen (secondary N) is 1. The molecule has 0 bridgehead atoms. The van der Waals surface area contributed by atoms with E-state index >= 15 is 0 Å². The van der Waals surface area contributed by atoms with Gasteiger partial charge in [0.15, 0.2) is 11.6 Å². The standard InChI is InChI=1S/C17H16F2N2O2/c1-12(11-23-16-7-5-13(18)10-15(16)19)21-17(22)8-6-14-4-2-3-9-20-14/h2-10,12H,11H2,1H3,(H,21,22)/b8-6+. The minimum Gasteiger partial charge on any atom is -0.488 e. The Hall–Kier alpha value is -2.76. The summed E-state index contributed by atoms with van der Waals surface area (Å²) in [5.74, 6) is -1.82. The number of pyridine rings is 1. The first kappa shape index (κ1) is 16.6. The van der Waals surface area contributed by atoms with Crippen LogP contribution in [-0.4, -0.2) is 23.5 Å². The molecule has 0 fully saturated rings. The van der Waals surface area contributed by atoms with Crippen LogP contribution in [0.4, 0.5) is 8.78 Å². The van der Waals surface area contributed by atoms with E-state index in [4.69, 9.17) is 4.74 Å². The van der Waals surface area contributed by atoms with Crippen molar-refractivity contribution in [3.05, 3.63) is 66.0 Å². The predicted octanol–water partition coefficient (Wildman–Crippen LogP) is 2.96. The zero-order chi connectivity index (χ0) is 16.7. The fourth-order valence-corrected chi connectivity index (χ4v) is 1.78. The Kier molecular flexibility index (Phi) is 5.80. The van der Waals surface area contributed by atoms with E-state index < -0.39 is 11.6 Å². The van der Waals surface area contributed by atoms with Gasteiger partial charge in [-0.1, -0.05) is 6.07 Å². The Labute approximate surface area is 132 Å². The van der Waals surface area contributed by atoms with Crippen molar-refractivity contribution >= 4 is 12.0 Å². The van der Waals surface area contributed by atoms with Gasteiger partial charge in [0.05, 0.1) is 11.7 Å². The normalized spacial score (nSPS) is 12.1. The number of halogens is 2. The van der Waals surface area contributed by atoms with Crippen molar-refractivity contribution in [2.45, 2.75) is 13.0 Å². The molecule has 1 amide bonds. The molecule has 0 spiro atoms. The van der Waals surface area contributed by atoms with Crippen molar-refractivity contribution in [2.75, 3.05) is 6.61 Å². The summed E-state index contributed by atoms with van der Waals surface area (Å²) in [5, 5.41) is 2.68. The molecule has 0 saturated carbocycles. The van der Waals surface area contributed by atoms with Gasteiger partial charge in [0, 0.05) is 18.3 Å². The summed E-state index contributed by atoms with van der Waals surface area (Å²) >= 11 is 0. The number of amides is 1. The van der Waals surface area contributed by atoms with E-state index in [1.54, 1.807) is 31.3 Å². The lowest BCUT2D eigenvalue weighted by atomic mass is 10.3. The molecule has 0 saturated heterocycles. The van der Waals surface area contributed by atoms with Gasteiger partial charge in [-0.2, -0.15) is 0 Å². The third kappa shape index (κ3) is 5.50. The molecule has 0 aliphatic heterocycles. The van der Waals surface area contributed by atoms with Crippen LogP contribution in [0.15, 0.2) is 48.7 Å². The first-order valence-corrected chi connectivity index (χ1v) is 7.02. The first-order chi connectivity index (χ1) is 11.0. The third-order valence-electron chi connectivity index (χ3n) is 2.86. The predicted molar refractivity (Wildman–Crippen MR) is 82.7 cm³/mol. The Morgan fingerprint density at radius 3 is 2.87 bits per heavy atom. The topological polar surface area (TPSA) is 51.2 Å². The van der Waals surface area contributed by atoms with Gasteiger partial charge in [-0.05, 0) is 37.3 Å². The van der Waals surface area contributed by atoms with Crippen molar-refractivity contribution in [1.29, 1.82) is 0 Å². The van der Waals surface area contributed by atoms with Crippen LogP contribution in [0.1, 0.15) is 12.6 Å². The van der Waals surface area contributed by atoms with Gasteiger partial charge in [0.1, 0.15) is 12.4 Å². The second-order valence-electron chi connectivity index (χ2n) is 4.88. The van der Waals surface area contributed by atoms with Crippen LogP contribution < -0.4 is 10.1 Å². The highest BCUT2D eigenvalue weighted by molar-refractivity contribution is 5.91. The van der Waals surface area contributed by atoms with Gasteiger partial charge >= 0.3 is 0 Å². The molecule has 6 heteroatoms. The number of aromatic nitrogens is 1. The molecular weight excluding hydrogens is 302 g/mol. The molecule has 0 radical (unpaired) electrons. The maximum absolute atomic E-state index is 13.4. The maximum Gasteiger partial charge on any atom is 0.244 e. The SMILES string of the molecule is CC(COc1ccc(F)cc1F)NC(=O)/C=C/c1ccccn1. The van der Waals surface area contributed by atoms with Crippen molar-refractivity contribution in [2.24, 2.45) is 0 Å². The van der Waals surface area contributed by atoms with Crippen LogP contribution in [0.3, 0.4) is 0 Å². The average Bonchev–Trinajstić information content (AvgIpc) is 2.53. The number of carbonyl (C=O) groups is 1. The molecule has 1 heterocycles. The van der Waals surface area contributed by atoms with E-state index in [1.165, 1.54) is 12.1 Å². The Morgan fingerprint density at radius 1 is 1.35 bits per heavy atom. The largest absolute Gasteiger partial charge is 0.488 e. The fraction of sp³-hybridized carbons (Fsp3) is 0.176. The average molecular weight is 318 g/mol. The van der Waals surface area contributed by atoms with E-state index in [9.17, 15) is 13.6 Å². The zero-order valence-electron chi connectivity index (χ0n) is 12.5. The van der Waals surface area contributed by atoms with E-state index in [-0.39, 0.29) is 24.3 Å². The Balaban J connectivity index is 1.81. The van der Waals surface area contributed by atoms with Crippen molar-refractivity contribution in [3.8, 4) is 5.75 Å². The van der Waals surface area contributed by atoms with E-state index in [0.29, 0.717) is 5.69 Å². The van der Waals surface area contributed by atoms with Crippen molar-refractivity contribution in [3.63, 3.8) is 0 Å². The lowest BCUT2D eigenvalue weighted by molar-refractivity contribution is -0.117. The molecule has 120 valence electrons. The van der Waals surface area contributed by atoms with Gasteiger partial charge in [0.2, 0.25) is 5.91 Å². The number of hydrogen-bond acceptors (Lipinski definition) is 3. The summed E-state index contributed by atoms with van der Waals surface area (Å²) in [6.45, 7) is 1.78.